The molecule has 0 aliphatic heterocycles. The van der Waals surface area contributed by atoms with Gasteiger partial charge in [-0.1, -0.05) is 42.5 Å². The summed E-state index contributed by atoms with van der Waals surface area (Å²) in [6, 6.07) is 13.4. The lowest BCUT2D eigenvalue weighted by Gasteiger charge is -2.20. The van der Waals surface area contributed by atoms with Gasteiger partial charge in [0.05, 0.1) is 18.6 Å². The Morgan fingerprint density at radius 2 is 1.54 bits per heavy atom. The Bertz CT molecular complexity index is 997. The summed E-state index contributed by atoms with van der Waals surface area (Å²) in [6.07, 6.45) is 0.674. The Balaban J connectivity index is 1.80. The van der Waals surface area contributed by atoms with Crippen molar-refractivity contribution in [3.05, 3.63) is 65.7 Å². The lowest BCUT2D eigenvalue weighted by molar-refractivity contribution is -0.142. The third-order valence-corrected chi connectivity index (χ3v) is 5.08. The summed E-state index contributed by atoms with van der Waals surface area (Å²) in [5.74, 6) is -1.88. The molecule has 1 unspecified atom stereocenters. The van der Waals surface area contributed by atoms with Gasteiger partial charge in [0.1, 0.15) is 18.4 Å². The summed E-state index contributed by atoms with van der Waals surface area (Å²) in [7, 11) is 0. The molecule has 0 aliphatic carbocycles. The van der Waals surface area contributed by atoms with E-state index in [0.29, 0.717) is 6.42 Å². The number of rotatable bonds is 12. The minimum absolute atomic E-state index is 0.00467. The van der Waals surface area contributed by atoms with E-state index < -0.39 is 41.8 Å². The summed E-state index contributed by atoms with van der Waals surface area (Å²) in [6.45, 7) is 2.45. The smallest absolute Gasteiger partial charge is 0.302 e. The van der Waals surface area contributed by atoms with Gasteiger partial charge >= 0.3 is 5.97 Å². The molecular formula is C25H32N4O6. The standard InChI is InChI=1S/C25H32N4O6/c1-16(28-25(34)22(26)13-19-8-10-21(31)11-9-19)24(33)27-14-23(32)29-20(15-35-17(2)30)12-18-6-4-3-5-7-18/h3-11,16,20,22,31H,12-15,26H2,1-2H3,(H,27,33)(H,28,34)(H,29,32)/t16-,20?,22+/m1/s1. The van der Waals surface area contributed by atoms with E-state index in [4.69, 9.17) is 10.5 Å². The molecule has 188 valence electrons. The van der Waals surface area contributed by atoms with Crippen LogP contribution in [0.5, 0.6) is 5.75 Å². The summed E-state index contributed by atoms with van der Waals surface area (Å²) in [4.78, 5) is 48.2. The summed E-state index contributed by atoms with van der Waals surface area (Å²) in [5.41, 5.74) is 7.63. The molecule has 35 heavy (non-hydrogen) atoms. The minimum Gasteiger partial charge on any atom is -0.508 e. The third kappa shape index (κ3) is 10.3. The molecule has 2 rings (SSSR count). The van der Waals surface area contributed by atoms with Crippen LogP contribution < -0.4 is 21.7 Å². The second kappa shape index (κ2) is 13.7. The SMILES string of the molecule is CC(=O)OCC(Cc1ccccc1)NC(=O)CNC(=O)[C@@H](C)NC(=O)[C@@H](N)Cc1ccc(O)cc1. The number of phenols is 1. The number of aromatic hydroxyl groups is 1. The van der Waals surface area contributed by atoms with E-state index in [0.717, 1.165) is 11.1 Å². The Labute approximate surface area is 204 Å². The van der Waals surface area contributed by atoms with Crippen molar-refractivity contribution < 1.29 is 29.0 Å². The Morgan fingerprint density at radius 3 is 2.17 bits per heavy atom. The highest BCUT2D eigenvalue weighted by atomic mass is 16.5. The lowest BCUT2D eigenvalue weighted by atomic mass is 10.1. The average Bonchev–Trinajstić information content (AvgIpc) is 2.82. The van der Waals surface area contributed by atoms with Crippen molar-refractivity contribution in [1.82, 2.24) is 16.0 Å². The van der Waals surface area contributed by atoms with Gasteiger partial charge < -0.3 is 31.5 Å². The molecule has 0 saturated heterocycles. The third-order valence-electron chi connectivity index (χ3n) is 5.08. The van der Waals surface area contributed by atoms with Gasteiger partial charge in [-0.3, -0.25) is 19.2 Å². The Morgan fingerprint density at radius 1 is 0.914 bits per heavy atom. The molecule has 10 heteroatoms. The number of amides is 3. The number of ether oxygens (including phenoxy) is 1. The summed E-state index contributed by atoms with van der Waals surface area (Å²) in [5, 5.41) is 17.1. The number of nitrogens with one attached hydrogen (secondary N) is 3. The van der Waals surface area contributed by atoms with Crippen molar-refractivity contribution in [3.63, 3.8) is 0 Å². The molecule has 0 heterocycles. The summed E-state index contributed by atoms with van der Waals surface area (Å²) < 4.78 is 5.04. The predicted octanol–water partition coefficient (Wildman–Crippen LogP) is 0.174. The van der Waals surface area contributed by atoms with Crippen LogP contribution in [0.1, 0.15) is 25.0 Å². The number of phenolic OH excluding ortho intramolecular Hbond substituents is 1. The molecule has 0 aromatic heterocycles. The van der Waals surface area contributed by atoms with Crippen molar-refractivity contribution >= 4 is 23.7 Å². The van der Waals surface area contributed by atoms with Gasteiger partial charge in [0, 0.05) is 6.92 Å². The zero-order valence-electron chi connectivity index (χ0n) is 19.8. The second-order valence-electron chi connectivity index (χ2n) is 8.18. The molecule has 0 fully saturated rings. The number of carbonyl (C=O) groups excluding carboxylic acids is 4. The fourth-order valence-electron chi connectivity index (χ4n) is 3.23. The van der Waals surface area contributed by atoms with Crippen molar-refractivity contribution in [2.75, 3.05) is 13.2 Å². The maximum absolute atomic E-state index is 12.4. The van der Waals surface area contributed by atoms with Gasteiger partial charge in [0.25, 0.3) is 0 Å². The van der Waals surface area contributed by atoms with Crippen LogP contribution in [-0.4, -0.2) is 60.1 Å². The van der Waals surface area contributed by atoms with Gasteiger partial charge in [-0.05, 0) is 43.0 Å². The minimum atomic E-state index is -0.915. The van der Waals surface area contributed by atoms with Crippen LogP contribution in [0.25, 0.3) is 0 Å². The molecule has 0 aliphatic rings. The number of carbonyl (C=O) groups is 4. The number of hydrogen-bond donors (Lipinski definition) is 5. The molecular weight excluding hydrogens is 452 g/mol. The van der Waals surface area contributed by atoms with E-state index in [1.54, 1.807) is 12.1 Å². The van der Waals surface area contributed by atoms with E-state index in [2.05, 4.69) is 16.0 Å². The monoisotopic (exact) mass is 484 g/mol. The molecule has 0 saturated carbocycles. The van der Waals surface area contributed by atoms with E-state index in [-0.39, 0.29) is 25.3 Å². The first kappa shape index (κ1) is 27.3. The van der Waals surface area contributed by atoms with Crippen LogP contribution in [0, 0.1) is 0 Å². The zero-order chi connectivity index (χ0) is 25.8. The molecule has 2 aromatic rings. The highest BCUT2D eigenvalue weighted by Crippen LogP contribution is 2.11. The predicted molar refractivity (Wildman–Crippen MR) is 129 cm³/mol. The van der Waals surface area contributed by atoms with Gasteiger partial charge in [-0.15, -0.1) is 0 Å². The maximum Gasteiger partial charge on any atom is 0.302 e. The van der Waals surface area contributed by atoms with Crippen LogP contribution in [-0.2, 0) is 36.8 Å². The topological polar surface area (TPSA) is 160 Å². The van der Waals surface area contributed by atoms with Crippen LogP contribution >= 0.6 is 0 Å². The molecule has 0 radical (unpaired) electrons. The number of esters is 1. The molecule has 6 N–H and O–H groups in total. The molecule has 0 spiro atoms. The normalized spacial score (nSPS) is 13.1. The van der Waals surface area contributed by atoms with E-state index in [1.165, 1.54) is 26.0 Å². The molecule has 10 nitrogen and oxygen atoms in total. The van der Waals surface area contributed by atoms with Gasteiger partial charge in [0.15, 0.2) is 0 Å². The molecule has 0 bridgehead atoms. The van der Waals surface area contributed by atoms with Crippen LogP contribution in [0.2, 0.25) is 0 Å². The lowest BCUT2D eigenvalue weighted by Crippen LogP contribution is -2.52. The van der Waals surface area contributed by atoms with Gasteiger partial charge in [-0.2, -0.15) is 0 Å². The van der Waals surface area contributed by atoms with Crippen LogP contribution in [0.15, 0.2) is 54.6 Å². The largest absolute Gasteiger partial charge is 0.508 e. The molecule has 2 aromatic carbocycles. The first-order chi connectivity index (χ1) is 16.6. The van der Waals surface area contributed by atoms with Crippen molar-refractivity contribution in [2.24, 2.45) is 5.73 Å². The van der Waals surface area contributed by atoms with E-state index >= 15 is 0 Å². The number of nitrogens with two attached hydrogens (primary N) is 1. The van der Waals surface area contributed by atoms with E-state index in [1.807, 2.05) is 30.3 Å². The highest BCUT2D eigenvalue weighted by Gasteiger charge is 2.21. The van der Waals surface area contributed by atoms with Crippen LogP contribution in [0.3, 0.4) is 0 Å². The fourth-order valence-corrected chi connectivity index (χ4v) is 3.23. The highest BCUT2D eigenvalue weighted by molar-refractivity contribution is 5.91. The summed E-state index contributed by atoms with van der Waals surface area (Å²) >= 11 is 0. The molecule has 3 amide bonds. The quantitative estimate of drug-likeness (QED) is 0.269. The second-order valence-corrected chi connectivity index (χ2v) is 8.18. The average molecular weight is 485 g/mol. The Hall–Kier alpha value is -3.92. The van der Waals surface area contributed by atoms with E-state index in [9.17, 15) is 24.3 Å². The molecule has 3 atom stereocenters. The fraction of sp³-hybridized carbons (Fsp3) is 0.360. The van der Waals surface area contributed by atoms with Gasteiger partial charge in [0.2, 0.25) is 17.7 Å². The first-order valence-corrected chi connectivity index (χ1v) is 11.2. The van der Waals surface area contributed by atoms with Gasteiger partial charge in [-0.25, -0.2) is 0 Å². The van der Waals surface area contributed by atoms with Crippen LogP contribution in [0.4, 0.5) is 0 Å². The maximum atomic E-state index is 12.4. The van der Waals surface area contributed by atoms with Crippen molar-refractivity contribution in [3.8, 4) is 5.75 Å². The first-order valence-electron chi connectivity index (χ1n) is 11.2. The number of benzene rings is 2. The number of hydrogen-bond acceptors (Lipinski definition) is 7. The van der Waals surface area contributed by atoms with Crippen molar-refractivity contribution in [1.29, 1.82) is 0 Å². The Kier molecular flexibility index (Phi) is 10.7. The van der Waals surface area contributed by atoms with Crippen molar-refractivity contribution in [2.45, 2.75) is 44.8 Å². The zero-order valence-corrected chi connectivity index (χ0v) is 19.8.